The van der Waals surface area contributed by atoms with Crippen molar-refractivity contribution in [3.63, 3.8) is 0 Å². The molecule has 0 amide bonds. The van der Waals surface area contributed by atoms with Gasteiger partial charge in [0.05, 0.1) is 43.2 Å². The Morgan fingerprint density at radius 2 is 2.08 bits per heavy atom. The van der Waals surface area contributed by atoms with E-state index in [2.05, 4.69) is 20.6 Å². The van der Waals surface area contributed by atoms with E-state index in [0.29, 0.717) is 34.5 Å². The van der Waals surface area contributed by atoms with Gasteiger partial charge in [-0.05, 0) is 12.1 Å². The van der Waals surface area contributed by atoms with Crippen LogP contribution in [0.2, 0.25) is 5.02 Å². The quantitative estimate of drug-likeness (QED) is 0.732. The third kappa shape index (κ3) is 3.00. The van der Waals surface area contributed by atoms with Gasteiger partial charge in [-0.25, -0.2) is 0 Å². The first kappa shape index (κ1) is 16.1. The molecule has 9 heteroatoms. The molecule has 24 heavy (non-hydrogen) atoms. The molecule has 0 aliphatic carbocycles. The first-order valence-corrected chi connectivity index (χ1v) is 7.47. The van der Waals surface area contributed by atoms with Gasteiger partial charge in [-0.1, -0.05) is 22.8 Å². The Hall–Kier alpha value is -2.74. The molecule has 0 radical (unpaired) electrons. The zero-order valence-electron chi connectivity index (χ0n) is 13.4. The number of hydrogen-bond donors (Lipinski definition) is 1. The highest BCUT2D eigenvalue weighted by Crippen LogP contribution is 2.37. The van der Waals surface area contributed by atoms with Crippen LogP contribution in [0.5, 0.6) is 11.5 Å². The molecular formula is C15H16ClN5O3. The lowest BCUT2D eigenvalue weighted by molar-refractivity contribution is 0.355. The zero-order valence-corrected chi connectivity index (χ0v) is 14.2. The summed E-state index contributed by atoms with van der Waals surface area (Å²) in [5, 5.41) is 15.7. The van der Waals surface area contributed by atoms with Gasteiger partial charge in [-0.2, -0.15) is 5.10 Å². The molecule has 1 N–H and O–H groups in total. The molecule has 2 heterocycles. The zero-order chi connectivity index (χ0) is 17.1. The number of hydrogen-bond acceptors (Lipinski definition) is 7. The lowest BCUT2D eigenvalue weighted by atomic mass is 10.2. The standard InChI is InChI=1S/C15H16ClN5O3/c1-21-11(10(16)7-18-21)8-17-15-20-19-14(24-15)9-5-4-6-12(22-2)13(9)23-3/h4-7H,8H2,1-3H3,(H,17,20). The van der Waals surface area contributed by atoms with Gasteiger partial charge in [-0.15, -0.1) is 5.10 Å². The van der Waals surface area contributed by atoms with Crippen molar-refractivity contribution in [1.29, 1.82) is 0 Å². The van der Waals surface area contributed by atoms with Gasteiger partial charge in [0.2, 0.25) is 0 Å². The Balaban J connectivity index is 1.81. The maximum Gasteiger partial charge on any atom is 0.316 e. The highest BCUT2D eigenvalue weighted by molar-refractivity contribution is 6.31. The summed E-state index contributed by atoms with van der Waals surface area (Å²) in [6.45, 7) is 0.409. The van der Waals surface area contributed by atoms with E-state index in [0.717, 1.165) is 5.69 Å². The summed E-state index contributed by atoms with van der Waals surface area (Å²) in [5.74, 6) is 1.44. The highest BCUT2D eigenvalue weighted by Gasteiger charge is 2.17. The van der Waals surface area contributed by atoms with E-state index >= 15 is 0 Å². The fourth-order valence-corrected chi connectivity index (χ4v) is 2.49. The number of nitrogens with one attached hydrogen (secondary N) is 1. The van der Waals surface area contributed by atoms with Crippen LogP contribution in [0.4, 0.5) is 6.01 Å². The van der Waals surface area contributed by atoms with Crippen molar-refractivity contribution in [2.24, 2.45) is 7.05 Å². The molecule has 3 rings (SSSR count). The van der Waals surface area contributed by atoms with Crippen molar-refractivity contribution in [3.8, 4) is 23.0 Å². The normalized spacial score (nSPS) is 10.7. The van der Waals surface area contributed by atoms with Crippen molar-refractivity contribution >= 4 is 17.6 Å². The molecule has 0 fully saturated rings. The molecular weight excluding hydrogens is 334 g/mol. The molecule has 0 saturated heterocycles. The van der Waals surface area contributed by atoms with Crippen molar-refractivity contribution in [2.75, 3.05) is 19.5 Å². The first-order chi connectivity index (χ1) is 11.6. The Labute approximate surface area is 143 Å². The summed E-state index contributed by atoms with van der Waals surface area (Å²) in [5.41, 5.74) is 1.46. The lowest BCUT2D eigenvalue weighted by Crippen LogP contribution is -2.06. The monoisotopic (exact) mass is 349 g/mol. The topological polar surface area (TPSA) is 87.2 Å². The van der Waals surface area contributed by atoms with Gasteiger partial charge >= 0.3 is 6.01 Å². The third-order valence-corrected chi connectivity index (χ3v) is 3.79. The van der Waals surface area contributed by atoms with Crippen molar-refractivity contribution in [2.45, 2.75) is 6.54 Å². The number of ether oxygens (including phenoxy) is 2. The molecule has 0 unspecified atom stereocenters. The number of methoxy groups -OCH3 is 2. The van der Waals surface area contributed by atoms with Crippen LogP contribution in [0.3, 0.4) is 0 Å². The van der Waals surface area contributed by atoms with E-state index in [1.54, 1.807) is 31.2 Å². The van der Waals surface area contributed by atoms with Crippen molar-refractivity contribution in [1.82, 2.24) is 20.0 Å². The number of aryl methyl sites for hydroxylation is 1. The van der Waals surface area contributed by atoms with Crippen molar-refractivity contribution < 1.29 is 13.9 Å². The predicted octanol–water partition coefficient (Wildman–Crippen LogP) is 2.75. The molecule has 0 aliphatic rings. The fraction of sp³-hybridized carbons (Fsp3) is 0.267. The summed E-state index contributed by atoms with van der Waals surface area (Å²) in [6, 6.07) is 5.70. The number of rotatable bonds is 6. The van der Waals surface area contributed by atoms with Crippen LogP contribution in [0.25, 0.3) is 11.5 Å². The van der Waals surface area contributed by atoms with Crippen LogP contribution >= 0.6 is 11.6 Å². The van der Waals surface area contributed by atoms with E-state index in [4.69, 9.17) is 25.5 Å². The van der Waals surface area contributed by atoms with Gasteiger partial charge in [0.15, 0.2) is 11.5 Å². The van der Waals surface area contributed by atoms with E-state index in [1.165, 1.54) is 0 Å². The molecule has 0 atom stereocenters. The van der Waals surface area contributed by atoms with Crippen LogP contribution in [0.15, 0.2) is 28.8 Å². The number of nitrogens with zero attached hydrogens (tertiary/aromatic N) is 4. The number of para-hydroxylation sites is 1. The second kappa shape index (κ2) is 6.79. The predicted molar refractivity (Wildman–Crippen MR) is 88.4 cm³/mol. The Morgan fingerprint density at radius 1 is 1.25 bits per heavy atom. The smallest absolute Gasteiger partial charge is 0.316 e. The summed E-state index contributed by atoms with van der Waals surface area (Å²) in [6.07, 6.45) is 1.58. The van der Waals surface area contributed by atoms with E-state index in [9.17, 15) is 0 Å². The summed E-state index contributed by atoms with van der Waals surface area (Å²) in [7, 11) is 4.94. The van der Waals surface area contributed by atoms with Crippen LogP contribution in [-0.4, -0.2) is 34.2 Å². The minimum absolute atomic E-state index is 0.270. The summed E-state index contributed by atoms with van der Waals surface area (Å²) >= 11 is 6.06. The second-order valence-corrected chi connectivity index (χ2v) is 5.28. The van der Waals surface area contributed by atoms with Crippen LogP contribution in [0.1, 0.15) is 5.69 Å². The molecule has 2 aromatic heterocycles. The highest BCUT2D eigenvalue weighted by atomic mass is 35.5. The molecule has 0 aliphatic heterocycles. The number of halogens is 1. The van der Waals surface area contributed by atoms with E-state index in [1.807, 2.05) is 19.2 Å². The van der Waals surface area contributed by atoms with Crippen LogP contribution < -0.4 is 14.8 Å². The Bertz CT molecular complexity index is 826. The maximum absolute atomic E-state index is 6.06. The average Bonchev–Trinajstić information content (AvgIpc) is 3.19. The molecule has 3 aromatic rings. The lowest BCUT2D eigenvalue weighted by Gasteiger charge is -2.09. The third-order valence-electron chi connectivity index (χ3n) is 3.48. The molecule has 1 aromatic carbocycles. The molecule has 8 nitrogen and oxygen atoms in total. The number of aromatic nitrogens is 4. The molecule has 0 spiro atoms. The summed E-state index contributed by atoms with van der Waals surface area (Å²) < 4.78 is 18.0. The molecule has 126 valence electrons. The average molecular weight is 350 g/mol. The fourth-order valence-electron chi connectivity index (χ4n) is 2.25. The first-order valence-electron chi connectivity index (χ1n) is 7.09. The van der Waals surface area contributed by atoms with E-state index in [-0.39, 0.29) is 6.01 Å². The molecule has 0 bridgehead atoms. The van der Waals surface area contributed by atoms with Gasteiger partial charge < -0.3 is 19.2 Å². The van der Waals surface area contributed by atoms with Crippen molar-refractivity contribution in [3.05, 3.63) is 35.1 Å². The van der Waals surface area contributed by atoms with Gasteiger partial charge in [0.1, 0.15) is 0 Å². The van der Waals surface area contributed by atoms with Crippen LogP contribution in [0, 0.1) is 0 Å². The van der Waals surface area contributed by atoms with Gasteiger partial charge in [0.25, 0.3) is 5.89 Å². The SMILES string of the molecule is COc1cccc(-c2nnc(NCc3c(Cl)cnn3C)o2)c1OC. The number of anilines is 1. The Kier molecular flexibility index (Phi) is 4.57. The minimum atomic E-state index is 0.270. The van der Waals surface area contributed by atoms with Crippen LogP contribution in [-0.2, 0) is 13.6 Å². The largest absolute Gasteiger partial charge is 0.493 e. The second-order valence-electron chi connectivity index (χ2n) is 4.87. The number of benzene rings is 1. The van der Waals surface area contributed by atoms with E-state index < -0.39 is 0 Å². The van der Waals surface area contributed by atoms with Gasteiger partial charge in [-0.3, -0.25) is 4.68 Å². The molecule has 0 saturated carbocycles. The minimum Gasteiger partial charge on any atom is -0.493 e. The van der Waals surface area contributed by atoms with Gasteiger partial charge in [0, 0.05) is 7.05 Å². The Morgan fingerprint density at radius 3 is 2.75 bits per heavy atom. The maximum atomic E-state index is 6.06. The summed E-state index contributed by atoms with van der Waals surface area (Å²) in [4.78, 5) is 0.